The number of nitrogens with zero attached hydrogens (tertiary/aromatic N) is 2. The number of ether oxygens (including phenoxy) is 1. The summed E-state index contributed by atoms with van der Waals surface area (Å²) in [7, 11) is 3.41. The monoisotopic (exact) mass is 256 g/mol. The van der Waals surface area contributed by atoms with Crippen LogP contribution in [0.5, 0.6) is 0 Å². The number of hydrogen-bond donors (Lipinski definition) is 0. The van der Waals surface area contributed by atoms with Crippen molar-refractivity contribution < 1.29 is 14.3 Å². The van der Waals surface area contributed by atoms with E-state index in [1.165, 1.54) is 4.90 Å². The summed E-state index contributed by atoms with van der Waals surface area (Å²) in [6, 6.07) is -0.384. The molecule has 5 nitrogen and oxygen atoms in total. The number of carbonyl (C=O) groups excluding carboxylic acids is 2. The predicted octanol–water partition coefficient (Wildman–Crippen LogP) is 1.72. The van der Waals surface area contributed by atoms with E-state index in [4.69, 9.17) is 4.74 Å². The van der Waals surface area contributed by atoms with Crippen molar-refractivity contribution in [3.05, 3.63) is 0 Å². The second kappa shape index (κ2) is 5.16. The van der Waals surface area contributed by atoms with Crippen molar-refractivity contribution >= 4 is 12.0 Å². The molecule has 0 N–H and O–H groups in total. The summed E-state index contributed by atoms with van der Waals surface area (Å²) in [6.07, 6.45) is 0.308. The lowest BCUT2D eigenvalue weighted by molar-refractivity contribution is -0.133. The minimum atomic E-state index is -0.533. The Morgan fingerprint density at radius 1 is 1.28 bits per heavy atom. The largest absolute Gasteiger partial charge is 0.444 e. The van der Waals surface area contributed by atoms with Crippen LogP contribution in [0.3, 0.4) is 0 Å². The standard InChI is InChI=1S/C13H24N2O3/c1-9-7-10(11(16)14(5)6)15(8-9)12(17)18-13(2,3)4/h9-10H,7-8H2,1-6H3/t9-,10-/m1/s1. The van der Waals surface area contributed by atoms with Crippen molar-refractivity contribution in [2.75, 3.05) is 20.6 Å². The Bertz CT molecular complexity index is 334. The molecule has 0 radical (unpaired) electrons. The summed E-state index contributed by atoms with van der Waals surface area (Å²) >= 11 is 0. The molecule has 104 valence electrons. The first-order chi connectivity index (χ1) is 8.11. The van der Waals surface area contributed by atoms with Crippen LogP contribution in [0.2, 0.25) is 0 Å². The molecule has 0 bridgehead atoms. The van der Waals surface area contributed by atoms with Crippen molar-refractivity contribution in [1.29, 1.82) is 0 Å². The molecule has 0 aliphatic carbocycles. The maximum atomic E-state index is 12.1. The third kappa shape index (κ3) is 3.62. The van der Waals surface area contributed by atoms with E-state index in [1.807, 2.05) is 27.7 Å². The molecule has 0 spiro atoms. The second-order valence-corrected chi connectivity index (χ2v) is 6.22. The SMILES string of the molecule is C[C@@H]1C[C@H](C(=O)N(C)C)N(C(=O)OC(C)(C)C)C1. The molecule has 1 aliphatic rings. The zero-order valence-corrected chi connectivity index (χ0v) is 12.2. The summed E-state index contributed by atoms with van der Waals surface area (Å²) in [5.41, 5.74) is -0.533. The summed E-state index contributed by atoms with van der Waals surface area (Å²) in [4.78, 5) is 27.2. The van der Waals surface area contributed by atoms with Crippen LogP contribution in [-0.2, 0) is 9.53 Å². The van der Waals surface area contributed by atoms with Gasteiger partial charge in [-0.1, -0.05) is 6.92 Å². The van der Waals surface area contributed by atoms with Gasteiger partial charge in [0.1, 0.15) is 11.6 Å². The predicted molar refractivity (Wildman–Crippen MR) is 69.2 cm³/mol. The highest BCUT2D eigenvalue weighted by Crippen LogP contribution is 2.26. The number of amides is 2. The van der Waals surface area contributed by atoms with E-state index in [0.717, 1.165) is 0 Å². The van der Waals surface area contributed by atoms with Crippen molar-refractivity contribution in [1.82, 2.24) is 9.80 Å². The van der Waals surface area contributed by atoms with Gasteiger partial charge in [0.05, 0.1) is 0 Å². The molecule has 1 heterocycles. The average molecular weight is 256 g/mol. The Morgan fingerprint density at radius 2 is 1.83 bits per heavy atom. The van der Waals surface area contributed by atoms with E-state index in [-0.39, 0.29) is 11.9 Å². The first-order valence-electron chi connectivity index (χ1n) is 6.32. The topological polar surface area (TPSA) is 49.9 Å². The Labute approximate surface area is 109 Å². The van der Waals surface area contributed by atoms with Crippen LogP contribution in [0, 0.1) is 5.92 Å². The van der Waals surface area contributed by atoms with Gasteiger partial charge >= 0.3 is 6.09 Å². The van der Waals surface area contributed by atoms with Gasteiger partial charge in [-0.2, -0.15) is 0 Å². The fraction of sp³-hybridized carbons (Fsp3) is 0.846. The highest BCUT2D eigenvalue weighted by Gasteiger charge is 2.40. The van der Waals surface area contributed by atoms with Crippen LogP contribution < -0.4 is 0 Å². The van der Waals surface area contributed by atoms with E-state index >= 15 is 0 Å². The summed E-state index contributed by atoms with van der Waals surface area (Å²) in [5, 5.41) is 0. The van der Waals surface area contributed by atoms with Crippen LogP contribution in [0.15, 0.2) is 0 Å². The number of hydrogen-bond acceptors (Lipinski definition) is 3. The van der Waals surface area contributed by atoms with Gasteiger partial charge in [0.2, 0.25) is 5.91 Å². The molecule has 1 aliphatic heterocycles. The molecular formula is C13H24N2O3. The van der Waals surface area contributed by atoms with Crippen LogP contribution in [0.4, 0.5) is 4.79 Å². The molecule has 0 saturated carbocycles. The number of likely N-dealkylation sites (tertiary alicyclic amines) is 1. The molecule has 0 aromatic heterocycles. The van der Waals surface area contributed by atoms with Crippen molar-refractivity contribution in [3.63, 3.8) is 0 Å². The maximum absolute atomic E-state index is 12.1. The Kier molecular flexibility index (Phi) is 4.24. The van der Waals surface area contributed by atoms with Gasteiger partial charge in [0, 0.05) is 20.6 Å². The third-order valence-electron chi connectivity index (χ3n) is 2.86. The molecule has 0 aromatic rings. The number of rotatable bonds is 1. The van der Waals surface area contributed by atoms with Crippen LogP contribution >= 0.6 is 0 Å². The maximum Gasteiger partial charge on any atom is 0.410 e. The lowest BCUT2D eigenvalue weighted by Crippen LogP contribution is -2.47. The Morgan fingerprint density at radius 3 is 2.28 bits per heavy atom. The average Bonchev–Trinajstić information content (AvgIpc) is 2.56. The third-order valence-corrected chi connectivity index (χ3v) is 2.86. The van der Waals surface area contributed by atoms with E-state index in [1.54, 1.807) is 19.0 Å². The first-order valence-corrected chi connectivity index (χ1v) is 6.32. The zero-order valence-electron chi connectivity index (χ0n) is 12.2. The summed E-state index contributed by atoms with van der Waals surface area (Å²) in [5.74, 6) is 0.289. The fourth-order valence-electron chi connectivity index (χ4n) is 2.10. The lowest BCUT2D eigenvalue weighted by atomic mass is 10.1. The zero-order chi connectivity index (χ0) is 14.1. The quantitative estimate of drug-likeness (QED) is 0.717. The smallest absolute Gasteiger partial charge is 0.410 e. The fourth-order valence-corrected chi connectivity index (χ4v) is 2.10. The molecule has 1 fully saturated rings. The molecule has 1 saturated heterocycles. The molecule has 5 heteroatoms. The van der Waals surface area contributed by atoms with Crippen molar-refractivity contribution in [3.8, 4) is 0 Å². The second-order valence-electron chi connectivity index (χ2n) is 6.22. The molecule has 0 aromatic carbocycles. The van der Waals surface area contributed by atoms with E-state index < -0.39 is 11.7 Å². The minimum absolute atomic E-state index is 0.0368. The molecule has 2 atom stereocenters. The van der Waals surface area contributed by atoms with Crippen LogP contribution in [0.1, 0.15) is 34.1 Å². The van der Waals surface area contributed by atoms with Gasteiger partial charge < -0.3 is 9.64 Å². The van der Waals surface area contributed by atoms with E-state index in [2.05, 4.69) is 0 Å². The van der Waals surface area contributed by atoms with Gasteiger partial charge in [-0.3, -0.25) is 9.69 Å². The molecule has 1 rings (SSSR count). The van der Waals surface area contributed by atoms with Gasteiger partial charge in [-0.05, 0) is 33.1 Å². The summed E-state index contributed by atoms with van der Waals surface area (Å²) in [6.45, 7) is 8.10. The van der Waals surface area contributed by atoms with E-state index in [0.29, 0.717) is 18.9 Å². The number of carbonyl (C=O) groups is 2. The molecular weight excluding hydrogens is 232 g/mol. The van der Waals surface area contributed by atoms with Gasteiger partial charge in [0.25, 0.3) is 0 Å². The normalized spacial score (nSPS) is 24.0. The van der Waals surface area contributed by atoms with Crippen molar-refractivity contribution in [2.24, 2.45) is 5.92 Å². The van der Waals surface area contributed by atoms with Gasteiger partial charge in [-0.15, -0.1) is 0 Å². The molecule has 2 amide bonds. The summed E-state index contributed by atoms with van der Waals surface area (Å²) < 4.78 is 5.35. The first kappa shape index (κ1) is 14.8. The Hall–Kier alpha value is -1.26. The molecule has 18 heavy (non-hydrogen) atoms. The van der Waals surface area contributed by atoms with Crippen LogP contribution in [-0.4, -0.2) is 54.1 Å². The van der Waals surface area contributed by atoms with Gasteiger partial charge in [0.15, 0.2) is 0 Å². The lowest BCUT2D eigenvalue weighted by Gasteiger charge is -2.29. The minimum Gasteiger partial charge on any atom is -0.444 e. The molecule has 0 unspecified atom stereocenters. The van der Waals surface area contributed by atoms with E-state index in [9.17, 15) is 9.59 Å². The highest BCUT2D eigenvalue weighted by atomic mass is 16.6. The Balaban J connectivity index is 2.79. The highest BCUT2D eigenvalue weighted by molar-refractivity contribution is 5.86. The van der Waals surface area contributed by atoms with Gasteiger partial charge in [-0.25, -0.2) is 4.79 Å². The number of likely N-dealkylation sites (N-methyl/N-ethyl adjacent to an activating group) is 1. The van der Waals surface area contributed by atoms with Crippen molar-refractivity contribution in [2.45, 2.75) is 45.8 Å². The van der Waals surface area contributed by atoms with Crippen LogP contribution in [0.25, 0.3) is 0 Å².